The first-order valence-electron chi connectivity index (χ1n) is 11.5. The van der Waals surface area contributed by atoms with Crippen molar-refractivity contribution in [3.63, 3.8) is 0 Å². The molecule has 2 heterocycles. The van der Waals surface area contributed by atoms with Crippen LogP contribution in [0.2, 0.25) is 0 Å². The predicted molar refractivity (Wildman–Crippen MR) is 134 cm³/mol. The van der Waals surface area contributed by atoms with E-state index >= 15 is 0 Å². The van der Waals surface area contributed by atoms with Gasteiger partial charge < -0.3 is 9.14 Å². The Hall–Kier alpha value is -3.07. The van der Waals surface area contributed by atoms with Gasteiger partial charge in [-0.1, -0.05) is 47.6 Å². The lowest BCUT2D eigenvalue weighted by molar-refractivity contribution is 0.0526. The summed E-state index contributed by atoms with van der Waals surface area (Å²) in [5.74, 6) is -0.269. The number of fused-ring (bicyclic) bond motifs is 6. The molecule has 0 aliphatic rings. The first-order chi connectivity index (χ1) is 15.0. The lowest BCUT2D eigenvalue weighted by Crippen LogP contribution is -2.11. The van der Waals surface area contributed by atoms with Crippen molar-refractivity contribution in [3.8, 4) is 0 Å². The average molecular weight is 426 g/mol. The number of carbonyl (C=O) groups excluding carboxylic acids is 1. The molecule has 3 heteroatoms. The van der Waals surface area contributed by atoms with Gasteiger partial charge in [0.1, 0.15) is 0 Å². The number of nitrogens with zero attached hydrogens (tertiary/aromatic N) is 1. The highest BCUT2D eigenvalue weighted by atomic mass is 16.5. The van der Waals surface area contributed by atoms with E-state index in [1.165, 1.54) is 38.3 Å². The molecule has 0 spiro atoms. The van der Waals surface area contributed by atoms with Crippen molar-refractivity contribution in [2.24, 2.45) is 0 Å². The van der Waals surface area contributed by atoms with Crippen LogP contribution in [0.4, 0.5) is 0 Å². The van der Waals surface area contributed by atoms with Crippen LogP contribution in [0.1, 0.15) is 70.0 Å². The molecular formula is C29H31NO2. The molecular weight excluding hydrogens is 394 g/mol. The van der Waals surface area contributed by atoms with E-state index in [0.717, 1.165) is 10.9 Å². The Bertz CT molecular complexity index is 1510. The minimum Gasteiger partial charge on any atom is -0.462 e. The molecule has 0 radical (unpaired) electrons. The van der Waals surface area contributed by atoms with Crippen LogP contribution in [0.15, 0.2) is 48.5 Å². The first kappa shape index (κ1) is 20.8. The average Bonchev–Trinajstić information content (AvgIpc) is 3.22. The summed E-state index contributed by atoms with van der Waals surface area (Å²) in [5.41, 5.74) is 6.91. The molecule has 3 nitrogen and oxygen atoms in total. The molecule has 164 valence electrons. The van der Waals surface area contributed by atoms with E-state index in [2.05, 4.69) is 82.3 Å². The standard InChI is InChI=1S/C29H31NO2/c1-8-32-27(31)17-9-11-24-20(13-17)22-15-19(29(5,6)7)16-23-21-14-18(28(2,3)4)10-12-25(21)30(24)26(22)23/h9-16H,8H2,1-7H3. The monoisotopic (exact) mass is 425 g/mol. The van der Waals surface area contributed by atoms with E-state index in [-0.39, 0.29) is 16.8 Å². The van der Waals surface area contributed by atoms with E-state index in [1.807, 2.05) is 19.1 Å². The Balaban J connectivity index is 1.95. The zero-order valence-corrected chi connectivity index (χ0v) is 20.1. The molecule has 0 N–H and O–H groups in total. The summed E-state index contributed by atoms with van der Waals surface area (Å²) in [5, 5.41) is 4.87. The maximum atomic E-state index is 12.4. The van der Waals surface area contributed by atoms with Gasteiger partial charge in [0.2, 0.25) is 0 Å². The number of hydrogen-bond donors (Lipinski definition) is 0. The predicted octanol–water partition coefficient (Wildman–Crippen LogP) is 7.61. The van der Waals surface area contributed by atoms with Gasteiger partial charge in [0.25, 0.3) is 0 Å². The van der Waals surface area contributed by atoms with Gasteiger partial charge in [0, 0.05) is 21.5 Å². The van der Waals surface area contributed by atoms with E-state index in [1.54, 1.807) is 0 Å². The molecule has 0 atom stereocenters. The summed E-state index contributed by atoms with van der Waals surface area (Å²) < 4.78 is 7.63. The Morgan fingerprint density at radius 2 is 1.28 bits per heavy atom. The van der Waals surface area contributed by atoms with Gasteiger partial charge in [-0.3, -0.25) is 0 Å². The topological polar surface area (TPSA) is 30.7 Å². The second kappa shape index (κ2) is 6.71. The number of rotatable bonds is 2. The second-order valence-corrected chi connectivity index (χ2v) is 10.9. The number of ether oxygens (including phenoxy) is 1. The number of benzene rings is 3. The minimum atomic E-state index is -0.269. The summed E-state index contributed by atoms with van der Waals surface area (Å²) in [6, 6.07) is 17.5. The molecule has 0 bridgehead atoms. The van der Waals surface area contributed by atoms with Gasteiger partial charge in [0.15, 0.2) is 0 Å². The lowest BCUT2D eigenvalue weighted by Gasteiger charge is -2.20. The van der Waals surface area contributed by atoms with Gasteiger partial charge >= 0.3 is 5.97 Å². The van der Waals surface area contributed by atoms with Crippen molar-refractivity contribution in [1.29, 1.82) is 0 Å². The third-order valence-corrected chi connectivity index (χ3v) is 6.63. The van der Waals surface area contributed by atoms with Crippen molar-refractivity contribution in [3.05, 3.63) is 65.2 Å². The molecule has 3 aromatic carbocycles. The van der Waals surface area contributed by atoms with Gasteiger partial charge in [-0.15, -0.1) is 0 Å². The molecule has 2 aromatic heterocycles. The molecule has 0 aliphatic carbocycles. The molecule has 0 amide bonds. The number of aromatic nitrogens is 1. The smallest absolute Gasteiger partial charge is 0.338 e. The van der Waals surface area contributed by atoms with Crippen molar-refractivity contribution < 1.29 is 9.53 Å². The lowest BCUT2D eigenvalue weighted by atomic mass is 9.84. The minimum absolute atomic E-state index is 0.0161. The Morgan fingerprint density at radius 3 is 1.84 bits per heavy atom. The highest BCUT2D eigenvalue weighted by molar-refractivity contribution is 6.24. The quantitative estimate of drug-likeness (QED) is 0.273. The molecule has 0 saturated heterocycles. The Morgan fingerprint density at radius 1 is 0.750 bits per heavy atom. The summed E-state index contributed by atoms with van der Waals surface area (Å²) in [6.45, 7) is 15.8. The summed E-state index contributed by atoms with van der Waals surface area (Å²) in [6.07, 6.45) is 0. The zero-order chi connectivity index (χ0) is 23.0. The van der Waals surface area contributed by atoms with Crippen LogP contribution in [-0.4, -0.2) is 17.0 Å². The maximum Gasteiger partial charge on any atom is 0.338 e. The van der Waals surface area contributed by atoms with Crippen LogP contribution in [-0.2, 0) is 15.6 Å². The third-order valence-electron chi connectivity index (χ3n) is 6.63. The van der Waals surface area contributed by atoms with E-state index in [0.29, 0.717) is 12.2 Å². The van der Waals surface area contributed by atoms with Crippen LogP contribution in [0.5, 0.6) is 0 Å². The molecule has 0 unspecified atom stereocenters. The van der Waals surface area contributed by atoms with Crippen LogP contribution in [0.25, 0.3) is 38.1 Å². The number of carbonyl (C=O) groups is 1. The number of esters is 1. The largest absolute Gasteiger partial charge is 0.462 e. The molecule has 0 fully saturated rings. The maximum absolute atomic E-state index is 12.4. The van der Waals surface area contributed by atoms with Crippen molar-refractivity contribution >= 4 is 44.1 Å². The van der Waals surface area contributed by atoms with Gasteiger partial charge in [-0.2, -0.15) is 0 Å². The van der Waals surface area contributed by atoms with Crippen LogP contribution in [0, 0.1) is 0 Å². The van der Waals surface area contributed by atoms with Gasteiger partial charge in [-0.25, -0.2) is 4.79 Å². The Labute approximate surface area is 189 Å². The fraction of sp³-hybridized carbons (Fsp3) is 0.345. The third kappa shape index (κ3) is 2.98. The normalized spacial score (nSPS) is 13.1. The molecule has 0 aliphatic heterocycles. The SMILES string of the molecule is CCOC(=O)c1ccc2c(c1)c1cc(C(C)(C)C)cc3c4cc(C(C)(C)C)ccc4n2c13. The summed E-state index contributed by atoms with van der Waals surface area (Å²) >= 11 is 0. The zero-order valence-electron chi connectivity index (χ0n) is 20.1. The fourth-order valence-corrected chi connectivity index (χ4v) is 4.79. The Kier molecular flexibility index (Phi) is 4.37. The van der Waals surface area contributed by atoms with Crippen molar-refractivity contribution in [1.82, 2.24) is 4.40 Å². The van der Waals surface area contributed by atoms with E-state index in [9.17, 15) is 4.79 Å². The molecule has 32 heavy (non-hydrogen) atoms. The second-order valence-electron chi connectivity index (χ2n) is 10.9. The summed E-state index contributed by atoms with van der Waals surface area (Å²) in [4.78, 5) is 12.4. The summed E-state index contributed by atoms with van der Waals surface area (Å²) in [7, 11) is 0. The molecule has 5 rings (SSSR count). The van der Waals surface area contributed by atoms with E-state index < -0.39 is 0 Å². The van der Waals surface area contributed by atoms with Gasteiger partial charge in [0.05, 0.1) is 28.7 Å². The first-order valence-corrected chi connectivity index (χ1v) is 11.5. The van der Waals surface area contributed by atoms with Gasteiger partial charge in [-0.05, 0) is 71.3 Å². The van der Waals surface area contributed by atoms with Crippen LogP contribution in [0.3, 0.4) is 0 Å². The highest BCUT2D eigenvalue weighted by Gasteiger charge is 2.24. The van der Waals surface area contributed by atoms with Crippen LogP contribution >= 0.6 is 0 Å². The highest BCUT2D eigenvalue weighted by Crippen LogP contribution is 2.43. The van der Waals surface area contributed by atoms with E-state index in [4.69, 9.17) is 4.74 Å². The molecule has 0 saturated carbocycles. The van der Waals surface area contributed by atoms with Crippen molar-refractivity contribution in [2.45, 2.75) is 59.3 Å². The van der Waals surface area contributed by atoms with Crippen molar-refractivity contribution in [2.75, 3.05) is 6.61 Å². The fourth-order valence-electron chi connectivity index (χ4n) is 4.79. The van der Waals surface area contributed by atoms with Crippen LogP contribution < -0.4 is 0 Å². The number of hydrogen-bond acceptors (Lipinski definition) is 2. The molecule has 5 aromatic rings.